The van der Waals surface area contributed by atoms with E-state index in [1.165, 1.54) is 44.1 Å². The average Bonchev–Trinajstić information content (AvgIpc) is 3.11. The van der Waals surface area contributed by atoms with Gasteiger partial charge in [-0.3, -0.25) is 4.98 Å². The van der Waals surface area contributed by atoms with E-state index in [1.807, 2.05) is 12.3 Å². The summed E-state index contributed by atoms with van der Waals surface area (Å²) >= 11 is 0. The average molecular weight is 528 g/mol. The predicted octanol–water partition coefficient (Wildman–Crippen LogP) is 6.03. The van der Waals surface area contributed by atoms with Gasteiger partial charge < -0.3 is 4.40 Å². The van der Waals surface area contributed by atoms with Crippen LogP contribution in [0.25, 0.3) is 38.4 Å². The summed E-state index contributed by atoms with van der Waals surface area (Å²) in [5.41, 5.74) is 8.62. The Morgan fingerprint density at radius 1 is 0.926 bits per heavy atom. The quantitative estimate of drug-likeness (QED) is 0.192. The van der Waals surface area contributed by atoms with E-state index in [4.69, 9.17) is 0 Å². The van der Waals surface area contributed by atoms with Crippen molar-refractivity contribution < 1.29 is 20.1 Å². The van der Waals surface area contributed by atoms with Gasteiger partial charge in [0.15, 0.2) is 0 Å². The minimum absolute atomic E-state index is 0. The smallest absolute Gasteiger partial charge is 0.0608 e. The van der Waals surface area contributed by atoms with Crippen LogP contribution < -0.4 is 0 Å². The van der Waals surface area contributed by atoms with Gasteiger partial charge in [0, 0.05) is 43.6 Å². The van der Waals surface area contributed by atoms with E-state index in [0.717, 1.165) is 11.0 Å². The molecule has 0 N–H and O–H groups in total. The van der Waals surface area contributed by atoms with Crippen LogP contribution in [0, 0.1) is 26.8 Å². The van der Waals surface area contributed by atoms with E-state index in [0.29, 0.717) is 0 Å². The molecule has 135 valence electrons. The summed E-state index contributed by atoms with van der Waals surface area (Å²) in [6, 6.07) is 20.7. The topological polar surface area (TPSA) is 17.3 Å². The fourth-order valence-corrected chi connectivity index (χ4v) is 4.19. The zero-order valence-corrected chi connectivity index (χ0v) is 17.9. The van der Waals surface area contributed by atoms with Crippen LogP contribution in [0.4, 0.5) is 0 Å². The first-order valence-electron chi connectivity index (χ1n) is 8.91. The van der Waals surface area contributed by atoms with Gasteiger partial charge in [-0.25, -0.2) is 0 Å². The number of pyridine rings is 1. The van der Waals surface area contributed by atoms with Crippen LogP contribution in [-0.2, 0) is 20.1 Å². The second-order valence-electron chi connectivity index (χ2n) is 7.06. The summed E-state index contributed by atoms with van der Waals surface area (Å²) in [4.78, 5) is 4.63. The van der Waals surface area contributed by atoms with Crippen LogP contribution in [0.5, 0.6) is 0 Å². The van der Waals surface area contributed by atoms with Crippen molar-refractivity contribution in [3.05, 3.63) is 83.7 Å². The number of rotatable bonds is 1. The summed E-state index contributed by atoms with van der Waals surface area (Å²) < 4.78 is 2.22. The summed E-state index contributed by atoms with van der Waals surface area (Å²) in [5.74, 6) is 0. The van der Waals surface area contributed by atoms with E-state index in [2.05, 4.69) is 84.9 Å². The molecule has 5 rings (SSSR count). The van der Waals surface area contributed by atoms with E-state index in [9.17, 15) is 0 Å². The number of benzene rings is 3. The van der Waals surface area contributed by atoms with E-state index in [1.54, 1.807) is 0 Å². The molecule has 2 nitrogen and oxygen atoms in total. The Morgan fingerprint density at radius 2 is 1.70 bits per heavy atom. The molecule has 1 radical (unpaired) electrons. The molecule has 0 bridgehead atoms. The number of aryl methyl sites for hydroxylation is 3. The molecule has 3 aromatic carbocycles. The molecule has 0 saturated carbocycles. The summed E-state index contributed by atoms with van der Waals surface area (Å²) in [5, 5.41) is 3.53. The van der Waals surface area contributed by atoms with Crippen molar-refractivity contribution in [1.29, 1.82) is 0 Å². The number of hydrogen-bond donors (Lipinski definition) is 0. The summed E-state index contributed by atoms with van der Waals surface area (Å²) in [6.07, 6.45) is 3.94. The minimum Gasteiger partial charge on any atom is -0.340 e. The van der Waals surface area contributed by atoms with Gasteiger partial charge in [-0.05, 0) is 48.9 Å². The third kappa shape index (κ3) is 2.62. The number of nitrogens with zero attached hydrogens (tertiary/aromatic N) is 2. The Balaban J connectivity index is 0.00000180. The van der Waals surface area contributed by atoms with Gasteiger partial charge in [0.1, 0.15) is 0 Å². The fourth-order valence-electron chi connectivity index (χ4n) is 4.19. The standard InChI is InChI=1S/C24H19N2.Ir/c1-15-13-20-18-9-4-5-10-19(18)24-25-11-12-26(24)23(20)21(14-15)22-16(2)7-6-8-17(22)3;/h4-9,11-14H,1-3H3;/q-1;. The van der Waals surface area contributed by atoms with Crippen molar-refractivity contribution in [2.24, 2.45) is 0 Å². The molecule has 0 fully saturated rings. The maximum atomic E-state index is 4.63. The number of fused-ring (bicyclic) bond motifs is 6. The van der Waals surface area contributed by atoms with Gasteiger partial charge in [-0.1, -0.05) is 35.2 Å². The largest absolute Gasteiger partial charge is 0.340 e. The van der Waals surface area contributed by atoms with Crippen LogP contribution in [0.2, 0.25) is 0 Å². The Labute approximate surface area is 172 Å². The van der Waals surface area contributed by atoms with Gasteiger partial charge in [0.25, 0.3) is 0 Å². The van der Waals surface area contributed by atoms with Crippen molar-refractivity contribution in [3.8, 4) is 11.1 Å². The second-order valence-corrected chi connectivity index (χ2v) is 7.06. The number of aromatic nitrogens is 2. The summed E-state index contributed by atoms with van der Waals surface area (Å²) in [7, 11) is 0. The molecule has 0 saturated heterocycles. The third-order valence-corrected chi connectivity index (χ3v) is 5.26. The Kier molecular flexibility index (Phi) is 4.38. The van der Waals surface area contributed by atoms with E-state index < -0.39 is 0 Å². The molecule has 3 heteroatoms. The Bertz CT molecular complexity index is 1290. The maximum absolute atomic E-state index is 4.63. The minimum atomic E-state index is 0. The van der Waals surface area contributed by atoms with Crippen LogP contribution in [-0.4, -0.2) is 9.38 Å². The van der Waals surface area contributed by atoms with Gasteiger partial charge in [0.05, 0.1) is 5.65 Å². The molecule has 5 aromatic rings. The molecular weight excluding hydrogens is 508 g/mol. The number of imidazole rings is 1. The molecule has 0 aliphatic heterocycles. The van der Waals surface area contributed by atoms with E-state index >= 15 is 0 Å². The molecule has 0 aliphatic rings. The van der Waals surface area contributed by atoms with Crippen molar-refractivity contribution >= 4 is 27.3 Å². The van der Waals surface area contributed by atoms with Gasteiger partial charge in [-0.15, -0.1) is 29.7 Å². The first-order chi connectivity index (χ1) is 12.6. The second kappa shape index (κ2) is 6.60. The zero-order chi connectivity index (χ0) is 17.8. The van der Waals surface area contributed by atoms with Gasteiger partial charge in [-0.2, -0.15) is 0 Å². The molecule has 0 atom stereocenters. The summed E-state index contributed by atoms with van der Waals surface area (Å²) in [6.45, 7) is 6.56. The number of hydrogen-bond acceptors (Lipinski definition) is 1. The van der Waals surface area contributed by atoms with Gasteiger partial charge >= 0.3 is 0 Å². The molecule has 0 spiro atoms. The third-order valence-electron chi connectivity index (χ3n) is 5.26. The molecule has 2 heterocycles. The predicted molar refractivity (Wildman–Crippen MR) is 109 cm³/mol. The van der Waals surface area contributed by atoms with Gasteiger partial charge in [0.2, 0.25) is 0 Å². The molecular formula is C24H19IrN2-. The van der Waals surface area contributed by atoms with E-state index in [-0.39, 0.29) is 20.1 Å². The van der Waals surface area contributed by atoms with Crippen molar-refractivity contribution in [2.75, 3.05) is 0 Å². The maximum Gasteiger partial charge on any atom is 0.0608 e. The normalized spacial score (nSPS) is 11.2. The van der Waals surface area contributed by atoms with Crippen molar-refractivity contribution in [1.82, 2.24) is 9.38 Å². The molecule has 0 unspecified atom stereocenters. The van der Waals surface area contributed by atoms with Crippen molar-refractivity contribution in [2.45, 2.75) is 20.8 Å². The molecule has 2 aromatic heterocycles. The fraction of sp³-hybridized carbons (Fsp3) is 0.125. The van der Waals surface area contributed by atoms with Crippen LogP contribution in [0.15, 0.2) is 60.9 Å². The van der Waals surface area contributed by atoms with Crippen molar-refractivity contribution in [3.63, 3.8) is 0 Å². The van der Waals surface area contributed by atoms with Crippen LogP contribution >= 0.6 is 0 Å². The first-order valence-corrected chi connectivity index (χ1v) is 8.91. The monoisotopic (exact) mass is 528 g/mol. The van der Waals surface area contributed by atoms with Crippen LogP contribution in [0.3, 0.4) is 0 Å². The zero-order valence-electron chi connectivity index (χ0n) is 15.5. The van der Waals surface area contributed by atoms with Crippen LogP contribution in [0.1, 0.15) is 16.7 Å². The molecule has 0 aliphatic carbocycles. The molecule has 0 amide bonds. The SMILES string of the molecule is Cc1cc(-c2c(C)cccc2C)c2c(c1)c1ccc[c-]c1c1nccn12.[Ir]. The Hall–Kier alpha value is -2.48. The first kappa shape index (κ1) is 17.9. The Morgan fingerprint density at radius 3 is 2.48 bits per heavy atom. The molecule has 27 heavy (non-hydrogen) atoms.